The third kappa shape index (κ3) is 8.91. The molecule has 0 saturated heterocycles. The molecule has 0 radical (unpaired) electrons. The molecule has 0 unspecified atom stereocenters. The Morgan fingerprint density at radius 3 is 1.12 bits per heavy atom. The summed E-state index contributed by atoms with van der Waals surface area (Å²) in [6, 6.07) is 0. The Morgan fingerprint density at radius 1 is 0.583 bits per heavy atom. The summed E-state index contributed by atoms with van der Waals surface area (Å²) < 4.78 is 0. The van der Waals surface area contributed by atoms with Crippen LogP contribution in [0.2, 0.25) is 0 Å². The third-order valence-electron chi connectivity index (χ3n) is 2.90. The van der Waals surface area contributed by atoms with Crippen LogP contribution in [0.4, 0.5) is 0 Å². The lowest BCUT2D eigenvalue weighted by atomic mass is 10.0. The van der Waals surface area contributed by atoms with E-state index in [-0.39, 0.29) is 0 Å². The summed E-state index contributed by atoms with van der Waals surface area (Å²) in [5, 5.41) is 95.2. The van der Waals surface area contributed by atoms with E-state index in [1.54, 1.807) is 0 Å². The zero-order chi connectivity index (χ0) is 19.4. The number of ketones is 1. The summed E-state index contributed by atoms with van der Waals surface area (Å²) in [5.74, 6) is -1.00. The van der Waals surface area contributed by atoms with Crippen molar-refractivity contribution in [1.29, 1.82) is 0 Å². The number of carbonyl (C=O) groups is 1. The van der Waals surface area contributed by atoms with E-state index in [1.807, 2.05) is 0 Å². The second kappa shape index (κ2) is 13.5. The number of Topliss-reactive ketones (excluding diaryl/α,β-unsaturated/α-hetero) is 1. The van der Waals surface area contributed by atoms with Crippen molar-refractivity contribution in [3.63, 3.8) is 0 Å². The molecule has 0 amide bonds. The van der Waals surface area contributed by atoms with Crippen LogP contribution in [-0.2, 0) is 4.79 Å². The molecule has 0 aliphatic carbocycles. The van der Waals surface area contributed by atoms with E-state index in [4.69, 9.17) is 56.2 Å². The zero-order valence-corrected chi connectivity index (χ0v) is 12.7. The molecule has 11 N–H and O–H groups in total. The molecule has 0 bridgehead atoms. The number of hydrogen-bond acceptors (Lipinski definition) is 12. The second-order valence-electron chi connectivity index (χ2n) is 4.79. The number of carbonyl (C=O) groups excluding carboxylic acids is 1. The third-order valence-corrected chi connectivity index (χ3v) is 2.90. The van der Waals surface area contributed by atoms with Gasteiger partial charge in [-0.1, -0.05) is 0 Å². The Bertz CT molecular complexity index is 313. The highest BCUT2D eigenvalue weighted by Crippen LogP contribution is 2.04. The monoisotopic (exact) mass is 362 g/mol. The maximum atomic E-state index is 10.5. The highest BCUT2D eigenvalue weighted by atomic mass is 16.4. The minimum absolute atomic E-state index is 0.726. The molecule has 0 aromatic carbocycles. The van der Waals surface area contributed by atoms with Crippen molar-refractivity contribution >= 4 is 5.78 Å². The smallest absolute Gasteiger partial charge is 0.189 e. The Labute approximate surface area is 137 Å². The van der Waals surface area contributed by atoms with E-state index in [2.05, 4.69) is 0 Å². The van der Waals surface area contributed by atoms with Crippen molar-refractivity contribution in [3.8, 4) is 0 Å². The van der Waals surface area contributed by atoms with Gasteiger partial charge in [0.05, 0.1) is 19.8 Å². The summed E-state index contributed by atoms with van der Waals surface area (Å²) in [6.45, 7) is -3.14. The normalized spacial score (nSPS) is 20.0. The van der Waals surface area contributed by atoms with E-state index in [0.29, 0.717) is 0 Å². The predicted molar refractivity (Wildman–Crippen MR) is 75.4 cm³/mol. The fourth-order valence-electron chi connectivity index (χ4n) is 1.27. The summed E-state index contributed by atoms with van der Waals surface area (Å²) in [7, 11) is 0. The van der Waals surface area contributed by atoms with Gasteiger partial charge in [0.1, 0.15) is 49.3 Å². The lowest BCUT2D eigenvalue weighted by Crippen LogP contribution is -2.46. The number of rotatable bonds is 10. The molecular weight excluding hydrogens is 336 g/mol. The SMILES string of the molecule is O=C(CO)[C@@H](O)[C@@H](O)[C@H](O)CO.OC[C@@H](O)[C@@H](O)[C@H](O)[C@H](O)CO. The van der Waals surface area contributed by atoms with Gasteiger partial charge in [0.2, 0.25) is 0 Å². The van der Waals surface area contributed by atoms with Gasteiger partial charge in [-0.3, -0.25) is 4.79 Å². The molecule has 146 valence electrons. The van der Waals surface area contributed by atoms with Crippen molar-refractivity contribution < 1.29 is 61.0 Å². The van der Waals surface area contributed by atoms with Crippen molar-refractivity contribution in [3.05, 3.63) is 0 Å². The van der Waals surface area contributed by atoms with Gasteiger partial charge in [0.25, 0.3) is 0 Å². The lowest BCUT2D eigenvalue weighted by Gasteiger charge is -2.24. The first-order chi connectivity index (χ1) is 11.1. The number of hydrogen-bond donors (Lipinski definition) is 11. The lowest BCUT2D eigenvalue weighted by molar-refractivity contribution is -0.142. The largest absolute Gasteiger partial charge is 0.394 e. The molecule has 24 heavy (non-hydrogen) atoms. The van der Waals surface area contributed by atoms with E-state index < -0.39 is 74.9 Å². The van der Waals surface area contributed by atoms with E-state index >= 15 is 0 Å². The van der Waals surface area contributed by atoms with Gasteiger partial charge < -0.3 is 56.2 Å². The summed E-state index contributed by atoms with van der Waals surface area (Å²) in [4.78, 5) is 10.5. The first-order valence-corrected chi connectivity index (χ1v) is 6.81. The highest BCUT2D eigenvalue weighted by molar-refractivity contribution is 5.84. The highest BCUT2D eigenvalue weighted by Gasteiger charge is 2.29. The molecule has 0 spiro atoms. The Hall–Kier alpha value is -0.770. The maximum absolute atomic E-state index is 10.5. The molecular formula is C12H26O12. The number of aliphatic hydroxyl groups excluding tert-OH is 11. The zero-order valence-electron chi connectivity index (χ0n) is 12.7. The van der Waals surface area contributed by atoms with Crippen LogP contribution in [0.1, 0.15) is 0 Å². The van der Waals surface area contributed by atoms with Crippen LogP contribution >= 0.6 is 0 Å². The molecule has 0 fully saturated rings. The summed E-state index contributed by atoms with van der Waals surface area (Å²) in [5.41, 5.74) is 0. The Kier molecular flexibility index (Phi) is 14.3. The van der Waals surface area contributed by atoms with Crippen LogP contribution in [0.3, 0.4) is 0 Å². The molecule has 0 aliphatic rings. The van der Waals surface area contributed by atoms with Crippen LogP contribution in [0.15, 0.2) is 0 Å². The number of aliphatic hydroxyl groups is 11. The fourth-order valence-corrected chi connectivity index (χ4v) is 1.27. The quantitative estimate of drug-likeness (QED) is 0.174. The maximum Gasteiger partial charge on any atom is 0.189 e. The van der Waals surface area contributed by atoms with Crippen molar-refractivity contribution in [2.75, 3.05) is 26.4 Å². The Balaban J connectivity index is 0. The average Bonchev–Trinajstić information content (AvgIpc) is 2.62. The first kappa shape index (κ1) is 25.5. The Morgan fingerprint density at radius 2 is 0.875 bits per heavy atom. The molecule has 0 rings (SSSR count). The molecule has 0 aromatic rings. The van der Waals surface area contributed by atoms with Gasteiger partial charge in [-0.15, -0.1) is 0 Å². The molecule has 0 saturated carbocycles. The summed E-state index contributed by atoms with van der Waals surface area (Å²) in [6.07, 6.45) is -11.6. The van der Waals surface area contributed by atoms with Crippen LogP contribution in [-0.4, -0.2) is 131 Å². The molecule has 12 nitrogen and oxygen atoms in total. The van der Waals surface area contributed by atoms with E-state index in [9.17, 15) is 4.79 Å². The van der Waals surface area contributed by atoms with Gasteiger partial charge in [-0.25, -0.2) is 0 Å². The van der Waals surface area contributed by atoms with E-state index in [1.165, 1.54) is 0 Å². The molecule has 0 heterocycles. The molecule has 0 aliphatic heterocycles. The summed E-state index contributed by atoms with van der Waals surface area (Å²) >= 11 is 0. The van der Waals surface area contributed by atoms with Gasteiger partial charge in [0, 0.05) is 0 Å². The van der Waals surface area contributed by atoms with Crippen LogP contribution in [0.25, 0.3) is 0 Å². The molecule has 12 heteroatoms. The van der Waals surface area contributed by atoms with Crippen LogP contribution in [0, 0.1) is 0 Å². The molecule has 7 atom stereocenters. The van der Waals surface area contributed by atoms with Gasteiger partial charge in [-0.2, -0.15) is 0 Å². The van der Waals surface area contributed by atoms with E-state index in [0.717, 1.165) is 0 Å². The second-order valence-corrected chi connectivity index (χ2v) is 4.79. The standard InChI is InChI=1S/C6H14O6.C6H12O6/c2*7-1-3(9)5(11)6(12)4(10)2-8/h3-12H,1-2H2;3,5-9,11-12H,1-2H2/t3-,4-,5-,6-;3-,5+,6-/m11/s1. The first-order valence-electron chi connectivity index (χ1n) is 6.81. The van der Waals surface area contributed by atoms with Crippen molar-refractivity contribution in [1.82, 2.24) is 0 Å². The van der Waals surface area contributed by atoms with Gasteiger partial charge in [0.15, 0.2) is 5.78 Å². The van der Waals surface area contributed by atoms with Gasteiger partial charge >= 0.3 is 0 Å². The molecule has 0 aromatic heterocycles. The fraction of sp³-hybridized carbons (Fsp3) is 0.917. The minimum atomic E-state index is -1.86. The minimum Gasteiger partial charge on any atom is -0.394 e. The average molecular weight is 362 g/mol. The topological polar surface area (TPSA) is 240 Å². The predicted octanol–water partition coefficient (Wildman–Crippen LogP) is -6.96. The van der Waals surface area contributed by atoms with Crippen molar-refractivity contribution in [2.45, 2.75) is 42.7 Å². The van der Waals surface area contributed by atoms with Gasteiger partial charge in [-0.05, 0) is 0 Å². The van der Waals surface area contributed by atoms with Crippen LogP contribution in [0.5, 0.6) is 0 Å². The van der Waals surface area contributed by atoms with Crippen molar-refractivity contribution in [2.24, 2.45) is 0 Å². The van der Waals surface area contributed by atoms with Crippen LogP contribution < -0.4 is 0 Å².